The van der Waals surface area contributed by atoms with E-state index in [4.69, 9.17) is 0 Å². The van der Waals surface area contributed by atoms with Crippen molar-refractivity contribution >= 4 is 7.25 Å². The van der Waals surface area contributed by atoms with Crippen LogP contribution in [0.5, 0.6) is 0 Å². The molecule has 0 aliphatic heterocycles. The molecule has 0 amide bonds. The lowest BCUT2D eigenvalue weighted by molar-refractivity contribution is -0.697. The van der Waals surface area contributed by atoms with E-state index in [-0.39, 0.29) is 7.43 Å². The molecule has 0 saturated carbocycles. The lowest BCUT2D eigenvalue weighted by Gasteiger charge is -1.94. The zero-order chi connectivity index (χ0) is 11.7. The summed E-state index contributed by atoms with van der Waals surface area (Å²) >= 11 is 0. The second kappa shape index (κ2) is 9.18. The molecule has 0 saturated heterocycles. The van der Waals surface area contributed by atoms with Gasteiger partial charge < -0.3 is 17.3 Å². The van der Waals surface area contributed by atoms with Crippen LogP contribution in [-0.2, 0) is 6.54 Å². The van der Waals surface area contributed by atoms with Crippen LogP contribution >= 0.6 is 0 Å². The van der Waals surface area contributed by atoms with Gasteiger partial charge in [0.15, 0.2) is 12.4 Å². The summed E-state index contributed by atoms with van der Waals surface area (Å²) < 4.78 is 41.2. The van der Waals surface area contributed by atoms with Gasteiger partial charge in [-0.05, 0) is 0 Å². The van der Waals surface area contributed by atoms with E-state index in [1.165, 1.54) is 12.8 Å². The number of hydrogen-bond acceptors (Lipinski definition) is 0. The average Bonchev–Trinajstić information content (AvgIpc) is 2.14. The van der Waals surface area contributed by atoms with Crippen molar-refractivity contribution in [3.05, 3.63) is 30.6 Å². The summed E-state index contributed by atoms with van der Waals surface area (Å²) in [7, 11) is -6.00. The van der Waals surface area contributed by atoms with E-state index in [0.717, 1.165) is 6.54 Å². The topological polar surface area (TPSA) is 3.88 Å². The van der Waals surface area contributed by atoms with Gasteiger partial charge in [0.1, 0.15) is 6.54 Å². The molecule has 1 aromatic rings. The summed E-state index contributed by atoms with van der Waals surface area (Å²) in [5.41, 5.74) is 0. The molecule has 0 aromatic carbocycles. The first kappa shape index (κ1) is 17.3. The van der Waals surface area contributed by atoms with Gasteiger partial charge in [0, 0.05) is 18.6 Å². The van der Waals surface area contributed by atoms with E-state index >= 15 is 0 Å². The molecule has 0 bridgehead atoms. The fraction of sp³-hybridized carbons (Fsp3) is 0.500. The summed E-state index contributed by atoms with van der Waals surface area (Å²) in [5.74, 6) is 0. The SMILES string of the molecule is C.CCCC[n+]1ccccc1.F[B-](F)(F)F. The first-order chi connectivity index (χ1) is 6.93. The zero-order valence-corrected chi connectivity index (χ0v) is 8.54. The van der Waals surface area contributed by atoms with Crippen LogP contribution in [0.1, 0.15) is 27.2 Å². The van der Waals surface area contributed by atoms with Gasteiger partial charge in [-0.1, -0.05) is 26.8 Å². The standard InChI is InChI=1S/C9H14N.CH4.BF4/c1-2-3-7-10-8-5-4-6-9-10;;2-1(3,4)5/h4-6,8-9H,2-3,7H2,1H3;1H4;/q+1;;-1. The Balaban J connectivity index is 0. The Bertz CT molecular complexity index is 245. The highest BCUT2D eigenvalue weighted by Gasteiger charge is 2.20. The predicted molar refractivity (Wildman–Crippen MR) is 58.5 cm³/mol. The number of pyridine rings is 1. The van der Waals surface area contributed by atoms with Gasteiger partial charge in [0.25, 0.3) is 0 Å². The van der Waals surface area contributed by atoms with Gasteiger partial charge in [-0.25, -0.2) is 4.57 Å². The van der Waals surface area contributed by atoms with Crippen LogP contribution in [-0.4, -0.2) is 7.25 Å². The molecule has 0 radical (unpaired) electrons. The molecule has 0 fully saturated rings. The van der Waals surface area contributed by atoms with E-state index < -0.39 is 7.25 Å². The predicted octanol–water partition coefficient (Wildman–Crippen LogP) is 3.71. The number of rotatable bonds is 3. The fourth-order valence-electron chi connectivity index (χ4n) is 0.924. The van der Waals surface area contributed by atoms with Gasteiger partial charge in [-0.15, -0.1) is 0 Å². The van der Waals surface area contributed by atoms with Crippen molar-refractivity contribution in [1.29, 1.82) is 0 Å². The van der Waals surface area contributed by atoms with Gasteiger partial charge >= 0.3 is 7.25 Å². The van der Waals surface area contributed by atoms with E-state index in [0.29, 0.717) is 0 Å². The van der Waals surface area contributed by atoms with E-state index in [9.17, 15) is 17.3 Å². The first-order valence-corrected chi connectivity index (χ1v) is 4.75. The molecule has 0 spiro atoms. The quantitative estimate of drug-likeness (QED) is 0.430. The lowest BCUT2D eigenvalue weighted by Crippen LogP contribution is -2.31. The van der Waals surface area contributed by atoms with Crippen LogP contribution in [0.4, 0.5) is 17.3 Å². The Kier molecular flexibility index (Phi) is 9.95. The van der Waals surface area contributed by atoms with E-state index in [1.54, 1.807) is 0 Å². The lowest BCUT2D eigenvalue weighted by atomic mass is 10.3. The minimum absolute atomic E-state index is 0. The van der Waals surface area contributed by atoms with Crippen molar-refractivity contribution in [2.75, 3.05) is 0 Å². The molecule has 0 N–H and O–H groups in total. The number of nitrogens with zero attached hydrogens (tertiary/aromatic N) is 1. The van der Waals surface area contributed by atoms with Crippen molar-refractivity contribution in [1.82, 2.24) is 0 Å². The largest absolute Gasteiger partial charge is 0.673 e. The van der Waals surface area contributed by atoms with Crippen LogP contribution in [0.25, 0.3) is 0 Å². The third-order valence-electron chi connectivity index (χ3n) is 1.55. The molecule has 1 nitrogen and oxygen atoms in total. The zero-order valence-electron chi connectivity index (χ0n) is 8.54. The van der Waals surface area contributed by atoms with Crippen molar-refractivity contribution in [3.8, 4) is 0 Å². The monoisotopic (exact) mass is 239 g/mol. The summed E-state index contributed by atoms with van der Waals surface area (Å²) in [6.07, 6.45) is 6.75. The highest BCUT2D eigenvalue weighted by Crippen LogP contribution is 2.06. The van der Waals surface area contributed by atoms with Crippen molar-refractivity contribution in [3.63, 3.8) is 0 Å². The maximum absolute atomic E-state index is 9.75. The van der Waals surface area contributed by atoms with Crippen LogP contribution in [0.2, 0.25) is 0 Å². The molecule has 1 aromatic heterocycles. The Hall–Kier alpha value is -1.07. The number of aromatic nitrogens is 1. The molecule has 1 rings (SSSR count). The molecule has 16 heavy (non-hydrogen) atoms. The van der Waals surface area contributed by atoms with E-state index in [2.05, 4.69) is 36.0 Å². The number of aryl methyl sites for hydroxylation is 1. The van der Waals surface area contributed by atoms with Gasteiger partial charge in [0.2, 0.25) is 0 Å². The number of halogens is 4. The fourth-order valence-corrected chi connectivity index (χ4v) is 0.924. The van der Waals surface area contributed by atoms with Crippen molar-refractivity contribution < 1.29 is 21.8 Å². The molecule has 0 aliphatic rings. The summed E-state index contributed by atoms with van der Waals surface area (Å²) in [6, 6.07) is 6.17. The van der Waals surface area contributed by atoms with Gasteiger partial charge in [0.05, 0.1) is 0 Å². The molecule has 94 valence electrons. The summed E-state index contributed by atoms with van der Waals surface area (Å²) in [4.78, 5) is 0. The Morgan fingerprint density at radius 1 is 1.00 bits per heavy atom. The third-order valence-corrected chi connectivity index (χ3v) is 1.55. The van der Waals surface area contributed by atoms with Gasteiger partial charge in [-0.3, -0.25) is 0 Å². The third kappa shape index (κ3) is 15.4. The molecule has 0 atom stereocenters. The highest BCUT2D eigenvalue weighted by atomic mass is 19.5. The van der Waals surface area contributed by atoms with E-state index in [1.807, 2.05) is 6.07 Å². The molecular weight excluding hydrogens is 221 g/mol. The number of unbranched alkanes of at least 4 members (excludes halogenated alkanes) is 1. The van der Waals surface area contributed by atoms with Crippen LogP contribution in [0.15, 0.2) is 30.6 Å². The summed E-state index contributed by atoms with van der Waals surface area (Å²) in [5, 5.41) is 0. The minimum atomic E-state index is -6.00. The Morgan fingerprint density at radius 2 is 1.44 bits per heavy atom. The van der Waals surface area contributed by atoms with Crippen LogP contribution < -0.4 is 4.57 Å². The summed E-state index contributed by atoms with van der Waals surface area (Å²) in [6.45, 7) is 3.36. The highest BCUT2D eigenvalue weighted by molar-refractivity contribution is 6.50. The second-order valence-electron chi connectivity index (χ2n) is 2.96. The molecular formula is C10H18BF4N. The molecule has 6 heteroatoms. The number of hydrogen-bond donors (Lipinski definition) is 0. The maximum Gasteiger partial charge on any atom is 0.673 e. The van der Waals surface area contributed by atoms with Crippen molar-refractivity contribution in [2.45, 2.75) is 33.7 Å². The average molecular weight is 239 g/mol. The van der Waals surface area contributed by atoms with Crippen molar-refractivity contribution in [2.24, 2.45) is 0 Å². The maximum atomic E-state index is 9.75. The Morgan fingerprint density at radius 3 is 1.81 bits per heavy atom. The Labute approximate surface area is 94.2 Å². The normalized spacial score (nSPS) is 9.81. The van der Waals surface area contributed by atoms with Gasteiger partial charge in [-0.2, -0.15) is 0 Å². The first-order valence-electron chi connectivity index (χ1n) is 4.75. The smallest absolute Gasteiger partial charge is 0.418 e. The van der Waals surface area contributed by atoms with Crippen LogP contribution in [0.3, 0.4) is 0 Å². The molecule has 0 unspecified atom stereocenters. The molecule has 1 heterocycles. The molecule has 0 aliphatic carbocycles. The van der Waals surface area contributed by atoms with Crippen LogP contribution in [0, 0.1) is 0 Å². The minimum Gasteiger partial charge on any atom is -0.418 e. The second-order valence-corrected chi connectivity index (χ2v) is 2.96.